The molecule has 1 fully saturated rings. The molecule has 1 saturated carbocycles. The van der Waals surface area contributed by atoms with Crippen LogP contribution in [0.5, 0.6) is 0 Å². The average molecular weight is 553 g/mol. The van der Waals surface area contributed by atoms with Crippen molar-refractivity contribution < 1.29 is 9.84 Å². The van der Waals surface area contributed by atoms with Crippen LogP contribution in [0.3, 0.4) is 0 Å². The van der Waals surface area contributed by atoms with Crippen molar-refractivity contribution in [3.05, 3.63) is 93.5 Å². The van der Waals surface area contributed by atoms with Crippen LogP contribution < -0.4 is 5.56 Å². The average Bonchev–Trinajstić information content (AvgIpc) is 3.46. The van der Waals surface area contributed by atoms with Gasteiger partial charge in [0.05, 0.1) is 35.8 Å². The molecule has 2 heterocycles. The van der Waals surface area contributed by atoms with Gasteiger partial charge in [-0.05, 0) is 69.1 Å². The van der Waals surface area contributed by atoms with E-state index in [9.17, 15) is 15.2 Å². The van der Waals surface area contributed by atoms with E-state index in [1.807, 2.05) is 63.7 Å². The Balaban J connectivity index is 1.55. The molecule has 0 atom stereocenters. The van der Waals surface area contributed by atoms with Gasteiger partial charge in [-0.1, -0.05) is 61.9 Å². The van der Waals surface area contributed by atoms with E-state index >= 15 is 0 Å². The molecule has 0 radical (unpaired) electrons. The van der Waals surface area contributed by atoms with Crippen molar-refractivity contribution in [2.24, 2.45) is 0 Å². The Morgan fingerprint density at radius 1 is 1.07 bits per heavy atom. The zero-order chi connectivity index (χ0) is 29.0. The highest BCUT2D eigenvalue weighted by Crippen LogP contribution is 2.32. The zero-order valence-electron chi connectivity index (χ0n) is 24.3. The van der Waals surface area contributed by atoms with Crippen molar-refractivity contribution in [1.29, 1.82) is 5.26 Å². The minimum Gasteiger partial charge on any atom is -0.388 e. The number of hydrogen-bond donors (Lipinski definition) is 1. The number of aryl methyl sites for hydroxylation is 1. The highest BCUT2D eigenvalue weighted by Gasteiger charge is 2.29. The van der Waals surface area contributed by atoms with Gasteiger partial charge in [0, 0.05) is 24.1 Å². The summed E-state index contributed by atoms with van der Waals surface area (Å²) in [6.07, 6.45) is 8.23. The zero-order valence-corrected chi connectivity index (χ0v) is 24.3. The van der Waals surface area contributed by atoms with E-state index < -0.39 is 5.60 Å². The Bertz CT molecular complexity index is 1580. The monoisotopic (exact) mass is 552 g/mol. The molecule has 1 aliphatic rings. The number of benzene rings is 2. The van der Waals surface area contributed by atoms with Crippen molar-refractivity contribution in [1.82, 2.24) is 14.2 Å². The van der Waals surface area contributed by atoms with Crippen LogP contribution in [0.4, 0.5) is 0 Å². The van der Waals surface area contributed by atoms with Crippen LogP contribution in [-0.2, 0) is 17.6 Å². The van der Waals surface area contributed by atoms with Gasteiger partial charge >= 0.3 is 0 Å². The molecule has 1 aliphatic carbocycles. The van der Waals surface area contributed by atoms with Gasteiger partial charge in [-0.2, -0.15) is 10.4 Å². The molecule has 41 heavy (non-hydrogen) atoms. The lowest BCUT2D eigenvalue weighted by Crippen LogP contribution is -2.36. The first kappa shape index (κ1) is 28.8. The molecule has 7 heteroatoms. The van der Waals surface area contributed by atoms with Crippen molar-refractivity contribution in [3.63, 3.8) is 0 Å². The summed E-state index contributed by atoms with van der Waals surface area (Å²) in [7, 11) is 0. The lowest BCUT2D eigenvalue weighted by Gasteiger charge is -2.32. The van der Waals surface area contributed by atoms with E-state index in [0.717, 1.165) is 78.5 Å². The van der Waals surface area contributed by atoms with E-state index in [0.29, 0.717) is 18.6 Å². The van der Waals surface area contributed by atoms with Crippen LogP contribution in [0.1, 0.15) is 87.7 Å². The number of unbranched alkanes of at least 4 members (excludes halogenated alkanes) is 1. The Kier molecular flexibility index (Phi) is 8.72. The molecule has 0 bridgehead atoms. The largest absolute Gasteiger partial charge is 0.388 e. The molecule has 7 nitrogen and oxygen atoms in total. The smallest absolute Gasteiger partial charge is 0.257 e. The van der Waals surface area contributed by atoms with Crippen LogP contribution in [0.2, 0.25) is 0 Å². The minimum atomic E-state index is -0.860. The lowest BCUT2D eigenvalue weighted by atomic mass is 9.91. The number of hydrogen-bond acceptors (Lipinski definition) is 5. The topological polar surface area (TPSA) is 92.5 Å². The first-order valence-electron chi connectivity index (χ1n) is 14.8. The van der Waals surface area contributed by atoms with Gasteiger partial charge in [0.25, 0.3) is 5.56 Å². The third-order valence-electron chi connectivity index (χ3n) is 8.11. The van der Waals surface area contributed by atoms with Crippen molar-refractivity contribution in [2.75, 3.05) is 6.61 Å². The third kappa shape index (κ3) is 6.29. The summed E-state index contributed by atoms with van der Waals surface area (Å²) in [4.78, 5) is 14.4. The Hall–Kier alpha value is -3.73. The number of aliphatic hydroxyl groups is 1. The molecule has 4 aromatic rings. The lowest BCUT2D eigenvalue weighted by molar-refractivity contribution is -0.0654. The molecule has 2 aromatic carbocycles. The fourth-order valence-electron chi connectivity index (χ4n) is 6.04. The van der Waals surface area contributed by atoms with E-state index in [1.54, 1.807) is 20.0 Å². The van der Waals surface area contributed by atoms with E-state index in [-0.39, 0.29) is 17.7 Å². The molecular weight excluding hydrogens is 512 g/mol. The summed E-state index contributed by atoms with van der Waals surface area (Å²) in [5.41, 5.74) is 4.96. The molecule has 5 rings (SSSR count). The molecule has 2 aromatic heterocycles. The van der Waals surface area contributed by atoms with E-state index in [1.165, 1.54) is 0 Å². The van der Waals surface area contributed by atoms with Crippen LogP contribution in [0, 0.1) is 11.3 Å². The number of nitrogens with zero attached hydrogens (tertiary/aromatic N) is 4. The maximum absolute atomic E-state index is 14.4. The first-order valence-corrected chi connectivity index (χ1v) is 14.8. The summed E-state index contributed by atoms with van der Waals surface area (Å²) in [5, 5.41) is 25.0. The van der Waals surface area contributed by atoms with E-state index in [2.05, 4.69) is 18.1 Å². The van der Waals surface area contributed by atoms with Gasteiger partial charge in [-0.15, -0.1) is 0 Å². The summed E-state index contributed by atoms with van der Waals surface area (Å²) in [6.45, 7) is 5.96. The quantitative estimate of drug-likeness (QED) is 0.251. The fourth-order valence-corrected chi connectivity index (χ4v) is 6.04. The minimum absolute atomic E-state index is 0.0129. The van der Waals surface area contributed by atoms with E-state index in [4.69, 9.17) is 4.74 Å². The number of aromatic nitrogens is 3. The molecular formula is C34H40N4O3. The number of rotatable bonds is 10. The molecule has 214 valence electrons. The maximum Gasteiger partial charge on any atom is 0.257 e. The van der Waals surface area contributed by atoms with Gasteiger partial charge < -0.3 is 9.84 Å². The molecule has 0 amide bonds. The molecule has 0 unspecified atom stereocenters. The molecule has 0 aliphatic heterocycles. The molecule has 0 spiro atoms. The normalized spacial score (nSPS) is 17.5. The van der Waals surface area contributed by atoms with Crippen molar-refractivity contribution >= 4 is 5.65 Å². The summed E-state index contributed by atoms with van der Waals surface area (Å²) >= 11 is 0. The highest BCUT2D eigenvalue weighted by molar-refractivity contribution is 5.72. The first-order chi connectivity index (χ1) is 19.8. The maximum atomic E-state index is 14.4. The number of nitriles is 1. The third-order valence-corrected chi connectivity index (χ3v) is 8.11. The summed E-state index contributed by atoms with van der Waals surface area (Å²) in [5.74, 6) is 0. The van der Waals surface area contributed by atoms with Gasteiger partial charge in [-0.3, -0.25) is 9.36 Å². The second kappa shape index (κ2) is 12.4. The van der Waals surface area contributed by atoms with Crippen LogP contribution in [0.15, 0.2) is 65.6 Å². The molecule has 0 saturated heterocycles. The standard InChI is InChI=1S/C34H40N4O3/c1-4-5-14-31-29(21-25-12-9-13-28(30(25)22-35)24-10-7-6-8-11-24)33(39)37(32-19-20-36-38(31)32)26-15-17-27(18-16-26)41-23-34(2,3)40/h6-13,19-20,26-27,40H,4-5,14-18,21,23H2,1-3H3. The predicted octanol–water partition coefficient (Wildman–Crippen LogP) is 6.24. The Morgan fingerprint density at radius 3 is 2.51 bits per heavy atom. The SMILES string of the molecule is CCCCc1c(Cc2cccc(-c3ccccc3)c2C#N)c(=O)n(C2CCC(OCC(C)(C)O)CC2)c2ccnn12. The van der Waals surface area contributed by atoms with Gasteiger partial charge in [0.15, 0.2) is 0 Å². The summed E-state index contributed by atoms with van der Waals surface area (Å²) in [6, 6.07) is 20.3. The fraction of sp³-hybridized carbons (Fsp3) is 0.441. The summed E-state index contributed by atoms with van der Waals surface area (Å²) < 4.78 is 9.88. The van der Waals surface area contributed by atoms with Crippen molar-refractivity contribution in [2.45, 2.75) is 89.9 Å². The van der Waals surface area contributed by atoms with Gasteiger partial charge in [0.1, 0.15) is 11.7 Å². The number of ether oxygens (including phenoxy) is 1. The van der Waals surface area contributed by atoms with Crippen molar-refractivity contribution in [3.8, 4) is 17.2 Å². The second-order valence-electron chi connectivity index (χ2n) is 11.9. The highest BCUT2D eigenvalue weighted by atomic mass is 16.5. The molecule has 1 N–H and O–H groups in total. The van der Waals surface area contributed by atoms with Crippen LogP contribution in [-0.4, -0.2) is 37.6 Å². The second-order valence-corrected chi connectivity index (χ2v) is 11.9. The van der Waals surface area contributed by atoms with Crippen LogP contribution in [0.25, 0.3) is 16.8 Å². The van der Waals surface area contributed by atoms with Gasteiger partial charge in [0.2, 0.25) is 0 Å². The Morgan fingerprint density at radius 2 is 1.83 bits per heavy atom. The van der Waals surface area contributed by atoms with Crippen LogP contribution >= 0.6 is 0 Å². The van der Waals surface area contributed by atoms with Gasteiger partial charge in [-0.25, -0.2) is 4.52 Å². The predicted molar refractivity (Wildman–Crippen MR) is 161 cm³/mol. The Labute approximate surface area is 242 Å². The number of fused-ring (bicyclic) bond motifs is 1.